The van der Waals surface area contributed by atoms with Gasteiger partial charge in [-0.15, -0.1) is 0 Å². The first-order valence-corrected chi connectivity index (χ1v) is 6.55. The molecule has 0 bridgehead atoms. The molecule has 0 aliphatic heterocycles. The van der Waals surface area contributed by atoms with Crippen LogP contribution < -0.4 is 0 Å². The molecule has 1 amide bonds. The summed E-state index contributed by atoms with van der Waals surface area (Å²) in [5.74, 6) is -0.315. The highest BCUT2D eigenvalue weighted by Crippen LogP contribution is 2.19. The number of rotatable bonds is 6. The first-order valence-electron chi connectivity index (χ1n) is 6.55. The zero-order valence-electron chi connectivity index (χ0n) is 12.3. The Balaban J connectivity index is 3.08. The normalized spacial score (nSPS) is 11.4. The fourth-order valence-electron chi connectivity index (χ4n) is 1.99. The molecule has 0 spiro atoms. The quantitative estimate of drug-likeness (QED) is 0.635. The number of carbonyl (C=O) groups excluding carboxylic acids is 1. The molecule has 0 unspecified atom stereocenters. The first kappa shape index (κ1) is 16.2. The van der Waals surface area contributed by atoms with Crippen molar-refractivity contribution in [3.05, 3.63) is 28.1 Å². The lowest BCUT2D eigenvalue weighted by atomic mass is 10.1. The van der Waals surface area contributed by atoms with Crippen molar-refractivity contribution in [2.45, 2.75) is 39.8 Å². The summed E-state index contributed by atoms with van der Waals surface area (Å²) in [5.41, 5.74) is -0.846. The van der Waals surface area contributed by atoms with Gasteiger partial charge in [0.1, 0.15) is 5.69 Å². The van der Waals surface area contributed by atoms with Crippen LogP contribution in [0, 0.1) is 10.1 Å². The second-order valence-electron chi connectivity index (χ2n) is 5.26. The van der Waals surface area contributed by atoms with Gasteiger partial charge < -0.3 is 14.6 Å². The molecule has 0 atom stereocenters. The van der Waals surface area contributed by atoms with Crippen molar-refractivity contribution in [2.24, 2.45) is 0 Å². The molecule has 0 aromatic carbocycles. The molecule has 0 saturated heterocycles. The van der Waals surface area contributed by atoms with Gasteiger partial charge >= 0.3 is 0 Å². The highest BCUT2D eigenvalue weighted by Gasteiger charge is 2.26. The lowest BCUT2D eigenvalue weighted by molar-refractivity contribution is -0.384. The summed E-state index contributed by atoms with van der Waals surface area (Å²) in [5, 5.41) is 20.6. The largest absolute Gasteiger partial charge is 0.389 e. The second-order valence-corrected chi connectivity index (χ2v) is 5.26. The van der Waals surface area contributed by atoms with Crippen LogP contribution in [0.3, 0.4) is 0 Å². The van der Waals surface area contributed by atoms with Crippen LogP contribution in [0.4, 0.5) is 5.69 Å². The minimum atomic E-state index is -1.01. The average Bonchev–Trinajstić information content (AvgIpc) is 2.78. The maximum Gasteiger partial charge on any atom is 0.287 e. The zero-order valence-corrected chi connectivity index (χ0v) is 12.3. The summed E-state index contributed by atoms with van der Waals surface area (Å²) < 4.78 is 1.55. The minimum Gasteiger partial charge on any atom is -0.389 e. The fraction of sp³-hybridized carbons (Fsp3) is 0.615. The predicted octanol–water partition coefficient (Wildman–Crippen LogP) is 1.65. The Morgan fingerprint density at radius 1 is 1.50 bits per heavy atom. The van der Waals surface area contributed by atoms with Crippen LogP contribution in [0.25, 0.3) is 0 Å². The predicted molar refractivity (Wildman–Crippen MR) is 74.6 cm³/mol. The fourth-order valence-corrected chi connectivity index (χ4v) is 1.99. The van der Waals surface area contributed by atoms with Gasteiger partial charge in [0.15, 0.2) is 0 Å². The van der Waals surface area contributed by atoms with Gasteiger partial charge in [-0.05, 0) is 27.7 Å². The molecular weight excluding hydrogens is 262 g/mol. The van der Waals surface area contributed by atoms with Crippen LogP contribution >= 0.6 is 0 Å². The lowest BCUT2D eigenvalue weighted by Gasteiger charge is -2.28. The number of hydrogen-bond donors (Lipinski definition) is 1. The topological polar surface area (TPSA) is 88.6 Å². The van der Waals surface area contributed by atoms with E-state index in [0.717, 1.165) is 0 Å². The summed E-state index contributed by atoms with van der Waals surface area (Å²) in [6, 6.07) is 1.28. The van der Waals surface area contributed by atoms with Crippen LogP contribution in [-0.4, -0.2) is 44.1 Å². The maximum absolute atomic E-state index is 12.4. The van der Waals surface area contributed by atoms with E-state index < -0.39 is 10.5 Å². The van der Waals surface area contributed by atoms with Crippen molar-refractivity contribution in [2.75, 3.05) is 13.1 Å². The zero-order chi connectivity index (χ0) is 15.5. The molecule has 112 valence electrons. The molecule has 1 aromatic rings. The van der Waals surface area contributed by atoms with E-state index in [1.54, 1.807) is 25.3 Å². The van der Waals surface area contributed by atoms with E-state index in [1.165, 1.54) is 17.2 Å². The third kappa shape index (κ3) is 3.80. The number of amides is 1. The molecule has 1 aromatic heterocycles. The molecule has 0 radical (unpaired) electrons. The molecule has 0 fully saturated rings. The van der Waals surface area contributed by atoms with Crippen molar-refractivity contribution < 1.29 is 14.8 Å². The van der Waals surface area contributed by atoms with Gasteiger partial charge in [0.2, 0.25) is 0 Å². The van der Waals surface area contributed by atoms with E-state index in [-0.39, 0.29) is 23.8 Å². The summed E-state index contributed by atoms with van der Waals surface area (Å²) >= 11 is 0. The molecule has 7 heteroatoms. The Morgan fingerprint density at radius 3 is 2.50 bits per heavy atom. The second kappa shape index (κ2) is 6.04. The number of aromatic nitrogens is 1. The van der Waals surface area contributed by atoms with E-state index in [2.05, 4.69) is 0 Å². The third-order valence-corrected chi connectivity index (χ3v) is 2.90. The van der Waals surface area contributed by atoms with Gasteiger partial charge in [-0.2, -0.15) is 0 Å². The van der Waals surface area contributed by atoms with E-state index in [4.69, 9.17) is 0 Å². The van der Waals surface area contributed by atoms with Crippen molar-refractivity contribution >= 4 is 11.6 Å². The number of aliphatic hydroxyl groups is 1. The number of hydrogen-bond acceptors (Lipinski definition) is 4. The van der Waals surface area contributed by atoms with Gasteiger partial charge in [-0.1, -0.05) is 0 Å². The Kier molecular flexibility index (Phi) is 4.88. The van der Waals surface area contributed by atoms with Gasteiger partial charge in [0, 0.05) is 25.7 Å². The number of nitro groups is 1. The smallest absolute Gasteiger partial charge is 0.287 e. The summed E-state index contributed by atoms with van der Waals surface area (Å²) in [6.45, 7) is 7.91. The lowest BCUT2D eigenvalue weighted by Crippen LogP contribution is -2.42. The average molecular weight is 283 g/mol. The van der Waals surface area contributed by atoms with E-state index in [1.807, 2.05) is 6.92 Å². The number of aryl methyl sites for hydroxylation is 1. The standard InChI is InChI=1S/C13H21N3O4/c1-5-14-8-10(16(19)20)7-11(14)12(17)15(6-2)9-13(3,4)18/h7-8,18H,5-6,9H2,1-4H3. The Morgan fingerprint density at radius 2 is 2.10 bits per heavy atom. The van der Waals surface area contributed by atoms with Gasteiger partial charge in [-0.25, -0.2) is 0 Å². The van der Waals surface area contributed by atoms with Gasteiger partial charge in [0.05, 0.1) is 16.7 Å². The Labute approximate surface area is 118 Å². The van der Waals surface area contributed by atoms with Crippen LogP contribution in [0.1, 0.15) is 38.2 Å². The van der Waals surface area contributed by atoms with Crippen LogP contribution in [0.15, 0.2) is 12.3 Å². The summed E-state index contributed by atoms with van der Waals surface area (Å²) in [6.07, 6.45) is 1.35. The third-order valence-electron chi connectivity index (χ3n) is 2.90. The van der Waals surface area contributed by atoms with E-state index in [9.17, 15) is 20.0 Å². The molecule has 0 aliphatic carbocycles. The van der Waals surface area contributed by atoms with E-state index >= 15 is 0 Å². The van der Waals surface area contributed by atoms with Gasteiger partial charge in [-0.3, -0.25) is 14.9 Å². The molecule has 1 N–H and O–H groups in total. The SMILES string of the molecule is CCN(CC(C)(C)O)C(=O)c1cc([N+](=O)[O-])cn1CC. The van der Waals surface area contributed by atoms with E-state index in [0.29, 0.717) is 13.1 Å². The minimum absolute atomic E-state index is 0.102. The summed E-state index contributed by atoms with van der Waals surface area (Å²) in [4.78, 5) is 24.2. The number of likely N-dealkylation sites (N-methyl/N-ethyl adjacent to an activating group) is 1. The number of carbonyl (C=O) groups is 1. The van der Waals surface area contributed by atoms with Crippen molar-refractivity contribution in [1.29, 1.82) is 0 Å². The molecule has 1 heterocycles. The molecule has 20 heavy (non-hydrogen) atoms. The maximum atomic E-state index is 12.4. The van der Waals surface area contributed by atoms with Crippen molar-refractivity contribution in [3.8, 4) is 0 Å². The van der Waals surface area contributed by atoms with Crippen LogP contribution in [-0.2, 0) is 6.54 Å². The molecular formula is C13H21N3O4. The highest BCUT2D eigenvalue weighted by atomic mass is 16.6. The monoisotopic (exact) mass is 283 g/mol. The van der Waals surface area contributed by atoms with Crippen LogP contribution in [0.2, 0.25) is 0 Å². The van der Waals surface area contributed by atoms with Crippen molar-refractivity contribution in [3.63, 3.8) is 0 Å². The summed E-state index contributed by atoms with van der Waals surface area (Å²) in [7, 11) is 0. The van der Waals surface area contributed by atoms with Crippen LogP contribution in [0.5, 0.6) is 0 Å². The van der Waals surface area contributed by atoms with Crippen molar-refractivity contribution in [1.82, 2.24) is 9.47 Å². The molecule has 0 saturated carbocycles. The molecule has 1 rings (SSSR count). The molecule has 7 nitrogen and oxygen atoms in total. The van der Waals surface area contributed by atoms with Gasteiger partial charge in [0.25, 0.3) is 11.6 Å². The Bertz CT molecular complexity index is 502. The highest BCUT2D eigenvalue weighted by molar-refractivity contribution is 5.93. The number of nitrogens with zero attached hydrogens (tertiary/aromatic N) is 3. The molecule has 0 aliphatic rings. The Hall–Kier alpha value is -1.89. The first-order chi connectivity index (χ1) is 9.19.